The van der Waals surface area contributed by atoms with E-state index in [0.29, 0.717) is 26.2 Å². The number of rotatable bonds is 5. The van der Waals surface area contributed by atoms with Gasteiger partial charge in [0.05, 0.1) is 38.6 Å². The molecule has 2 aliphatic rings. The maximum atomic E-state index is 13.3. The van der Waals surface area contributed by atoms with E-state index < -0.39 is 0 Å². The SMILES string of the molecule is COc1ccc([C@H]2CC(c3ccc4ccccc4c3)=NN2C(=O)CN2CCOCC2)cc1. The molecule has 6 heteroatoms. The standard InChI is InChI=1S/C26H27N3O3/c1-31-23-10-8-20(9-11-23)25-17-24(22-7-6-19-4-2-3-5-21(19)16-22)27-29(25)26(30)18-28-12-14-32-15-13-28/h2-11,16,25H,12-15,17-18H2,1H3/t25-/m1/s1. The zero-order valence-corrected chi connectivity index (χ0v) is 18.2. The third-order valence-electron chi connectivity index (χ3n) is 6.21. The highest BCUT2D eigenvalue weighted by molar-refractivity contribution is 6.05. The number of nitrogens with zero attached hydrogens (tertiary/aromatic N) is 3. The second-order valence-electron chi connectivity index (χ2n) is 8.23. The lowest BCUT2D eigenvalue weighted by Crippen LogP contribution is -2.43. The summed E-state index contributed by atoms with van der Waals surface area (Å²) in [6, 6.07) is 22.5. The van der Waals surface area contributed by atoms with E-state index >= 15 is 0 Å². The number of amides is 1. The van der Waals surface area contributed by atoms with Crippen LogP contribution in [0.2, 0.25) is 0 Å². The van der Waals surface area contributed by atoms with Crippen LogP contribution in [0, 0.1) is 0 Å². The summed E-state index contributed by atoms with van der Waals surface area (Å²) in [6.45, 7) is 3.23. The Bertz CT molecular complexity index is 1140. The average Bonchev–Trinajstić information content (AvgIpc) is 3.30. The Balaban J connectivity index is 1.45. The number of morpholine rings is 1. The molecule has 0 radical (unpaired) electrons. The molecule has 164 valence electrons. The average molecular weight is 430 g/mol. The minimum absolute atomic E-state index is 0.0171. The zero-order valence-electron chi connectivity index (χ0n) is 18.2. The highest BCUT2D eigenvalue weighted by Crippen LogP contribution is 2.34. The molecule has 0 bridgehead atoms. The number of carbonyl (C=O) groups is 1. The van der Waals surface area contributed by atoms with Crippen molar-refractivity contribution >= 4 is 22.4 Å². The molecule has 0 unspecified atom stereocenters. The van der Waals surface area contributed by atoms with Gasteiger partial charge in [-0.05, 0) is 40.1 Å². The maximum absolute atomic E-state index is 13.3. The maximum Gasteiger partial charge on any atom is 0.257 e. The zero-order chi connectivity index (χ0) is 21.9. The quantitative estimate of drug-likeness (QED) is 0.618. The molecule has 0 saturated carbocycles. The highest BCUT2D eigenvalue weighted by Gasteiger charge is 2.34. The van der Waals surface area contributed by atoms with Crippen molar-refractivity contribution in [3.05, 3.63) is 77.9 Å². The van der Waals surface area contributed by atoms with Gasteiger partial charge in [-0.3, -0.25) is 9.69 Å². The summed E-state index contributed by atoms with van der Waals surface area (Å²) >= 11 is 0. The molecule has 3 aromatic carbocycles. The summed E-state index contributed by atoms with van der Waals surface area (Å²) < 4.78 is 10.7. The molecule has 0 aliphatic carbocycles. The first-order chi connectivity index (χ1) is 15.7. The number of benzene rings is 3. The first kappa shape index (κ1) is 20.7. The molecule has 2 aliphatic heterocycles. The van der Waals surface area contributed by atoms with Crippen LogP contribution >= 0.6 is 0 Å². The van der Waals surface area contributed by atoms with E-state index in [9.17, 15) is 4.79 Å². The Labute approximate surface area is 188 Å². The number of hydrogen-bond acceptors (Lipinski definition) is 5. The second-order valence-corrected chi connectivity index (χ2v) is 8.23. The third kappa shape index (κ3) is 4.24. The molecule has 3 aromatic rings. The van der Waals surface area contributed by atoms with Gasteiger partial charge in [0.25, 0.3) is 5.91 Å². The largest absolute Gasteiger partial charge is 0.497 e. The van der Waals surface area contributed by atoms with Crippen molar-refractivity contribution in [1.82, 2.24) is 9.91 Å². The minimum atomic E-state index is -0.129. The van der Waals surface area contributed by atoms with Crippen molar-refractivity contribution < 1.29 is 14.3 Å². The first-order valence-corrected chi connectivity index (χ1v) is 11.0. The molecule has 5 rings (SSSR count). The smallest absolute Gasteiger partial charge is 0.257 e. The molecule has 0 spiro atoms. The molecule has 32 heavy (non-hydrogen) atoms. The summed E-state index contributed by atoms with van der Waals surface area (Å²) in [5.41, 5.74) is 3.05. The van der Waals surface area contributed by atoms with Crippen molar-refractivity contribution in [3.63, 3.8) is 0 Å². The fourth-order valence-corrected chi connectivity index (χ4v) is 4.39. The van der Waals surface area contributed by atoms with Gasteiger partial charge in [-0.25, -0.2) is 5.01 Å². The van der Waals surface area contributed by atoms with Crippen LogP contribution in [0.25, 0.3) is 10.8 Å². The lowest BCUT2D eigenvalue weighted by atomic mass is 9.97. The number of methoxy groups -OCH3 is 1. The van der Waals surface area contributed by atoms with Crippen LogP contribution < -0.4 is 4.74 Å². The van der Waals surface area contributed by atoms with Crippen LogP contribution in [0.1, 0.15) is 23.6 Å². The minimum Gasteiger partial charge on any atom is -0.497 e. The lowest BCUT2D eigenvalue weighted by Gasteiger charge is -2.29. The van der Waals surface area contributed by atoms with E-state index in [1.54, 1.807) is 12.1 Å². The molecule has 0 aromatic heterocycles. The van der Waals surface area contributed by atoms with Crippen molar-refractivity contribution in [1.29, 1.82) is 0 Å². The Morgan fingerprint density at radius 3 is 2.53 bits per heavy atom. The number of ether oxygens (including phenoxy) is 2. The number of hydrazone groups is 1. The van der Waals surface area contributed by atoms with E-state index in [1.807, 2.05) is 36.4 Å². The van der Waals surface area contributed by atoms with Crippen LogP contribution in [0.4, 0.5) is 0 Å². The van der Waals surface area contributed by atoms with Crippen molar-refractivity contribution in [2.24, 2.45) is 5.10 Å². The molecule has 1 amide bonds. The summed E-state index contributed by atoms with van der Waals surface area (Å²) in [5.74, 6) is 0.817. The Morgan fingerprint density at radius 2 is 1.78 bits per heavy atom. The normalized spacial score (nSPS) is 19.2. The van der Waals surface area contributed by atoms with Gasteiger partial charge in [0, 0.05) is 19.5 Å². The molecule has 0 N–H and O–H groups in total. The van der Waals surface area contributed by atoms with Gasteiger partial charge in [-0.15, -0.1) is 0 Å². The number of fused-ring (bicyclic) bond motifs is 1. The van der Waals surface area contributed by atoms with E-state index in [-0.39, 0.29) is 11.9 Å². The van der Waals surface area contributed by atoms with E-state index in [4.69, 9.17) is 14.6 Å². The fourth-order valence-electron chi connectivity index (χ4n) is 4.39. The predicted molar refractivity (Wildman–Crippen MR) is 125 cm³/mol. The van der Waals surface area contributed by atoms with Gasteiger partial charge in [-0.1, -0.05) is 48.5 Å². The van der Waals surface area contributed by atoms with E-state index in [0.717, 1.165) is 35.7 Å². The topological polar surface area (TPSA) is 54.4 Å². The van der Waals surface area contributed by atoms with Crippen molar-refractivity contribution in [2.45, 2.75) is 12.5 Å². The summed E-state index contributed by atoms with van der Waals surface area (Å²) in [4.78, 5) is 15.5. The van der Waals surface area contributed by atoms with Crippen LogP contribution in [-0.4, -0.2) is 61.5 Å². The molecule has 1 atom stereocenters. The third-order valence-corrected chi connectivity index (χ3v) is 6.21. The first-order valence-electron chi connectivity index (χ1n) is 11.0. The lowest BCUT2D eigenvalue weighted by molar-refractivity contribution is -0.135. The van der Waals surface area contributed by atoms with Crippen molar-refractivity contribution in [2.75, 3.05) is 40.0 Å². The van der Waals surface area contributed by atoms with Crippen molar-refractivity contribution in [3.8, 4) is 5.75 Å². The fraction of sp³-hybridized carbons (Fsp3) is 0.308. The molecule has 1 saturated heterocycles. The highest BCUT2D eigenvalue weighted by atomic mass is 16.5. The molecular formula is C26H27N3O3. The van der Waals surface area contributed by atoms with Gasteiger partial charge in [0.2, 0.25) is 0 Å². The molecule has 1 fully saturated rings. The monoisotopic (exact) mass is 429 g/mol. The molecule has 6 nitrogen and oxygen atoms in total. The Morgan fingerprint density at radius 1 is 1.03 bits per heavy atom. The van der Waals surface area contributed by atoms with Gasteiger partial charge in [0.15, 0.2) is 0 Å². The van der Waals surface area contributed by atoms with Crippen LogP contribution in [-0.2, 0) is 9.53 Å². The Kier molecular flexibility index (Phi) is 5.88. The van der Waals surface area contributed by atoms with Crippen LogP contribution in [0.15, 0.2) is 71.8 Å². The summed E-state index contributed by atoms with van der Waals surface area (Å²) in [6.07, 6.45) is 0.680. The number of carbonyl (C=O) groups excluding carboxylic acids is 1. The van der Waals surface area contributed by atoms with E-state index in [2.05, 4.69) is 35.2 Å². The Hall–Kier alpha value is -3.22. The second kappa shape index (κ2) is 9.10. The van der Waals surface area contributed by atoms with Gasteiger partial charge in [-0.2, -0.15) is 5.10 Å². The van der Waals surface area contributed by atoms with Gasteiger partial charge < -0.3 is 9.47 Å². The number of hydrogen-bond donors (Lipinski definition) is 0. The van der Waals surface area contributed by atoms with Gasteiger partial charge >= 0.3 is 0 Å². The molecular weight excluding hydrogens is 402 g/mol. The molecule has 2 heterocycles. The van der Waals surface area contributed by atoms with E-state index in [1.165, 1.54) is 10.8 Å². The summed E-state index contributed by atoms with van der Waals surface area (Å²) in [7, 11) is 1.66. The predicted octanol–water partition coefficient (Wildman–Crippen LogP) is 3.86. The summed E-state index contributed by atoms with van der Waals surface area (Å²) in [5, 5.41) is 8.89. The van der Waals surface area contributed by atoms with Crippen LogP contribution in [0.3, 0.4) is 0 Å². The van der Waals surface area contributed by atoms with Crippen LogP contribution in [0.5, 0.6) is 5.75 Å². The van der Waals surface area contributed by atoms with Gasteiger partial charge in [0.1, 0.15) is 5.75 Å².